The van der Waals surface area contributed by atoms with Crippen LogP contribution in [-0.4, -0.2) is 61.8 Å². The number of ether oxygens (including phenoxy) is 1. The average Bonchev–Trinajstić information content (AvgIpc) is 2.53. The number of carbonyl (C=O) groups is 1. The first-order chi connectivity index (χ1) is 11.3. The Balaban J connectivity index is 1.80. The predicted octanol–water partition coefficient (Wildman–Crippen LogP) is 2.22. The van der Waals surface area contributed by atoms with Gasteiger partial charge in [-0.1, -0.05) is 6.07 Å². The molecule has 134 valence electrons. The molecule has 0 bridgehead atoms. The molecule has 0 unspecified atom stereocenters. The minimum absolute atomic E-state index is 0.171. The van der Waals surface area contributed by atoms with E-state index in [1.165, 1.54) is 18.1 Å². The molecule has 5 nitrogen and oxygen atoms in total. The Morgan fingerprint density at radius 2 is 1.92 bits per heavy atom. The first kappa shape index (κ1) is 18.3. The summed E-state index contributed by atoms with van der Waals surface area (Å²) >= 11 is 0. The summed E-state index contributed by atoms with van der Waals surface area (Å²) < 4.78 is 54.8. The molecule has 24 heavy (non-hydrogen) atoms. The SMILES string of the molecule is COc1ccc(CN2CCN(C(=O)NCC(F)(F)F)CC2)cc1F. The van der Waals surface area contributed by atoms with E-state index in [4.69, 9.17) is 4.74 Å². The number of benzene rings is 1. The number of halogens is 4. The van der Waals surface area contributed by atoms with Crippen molar-refractivity contribution in [3.8, 4) is 5.75 Å². The highest BCUT2D eigenvalue weighted by atomic mass is 19.4. The van der Waals surface area contributed by atoms with E-state index in [-0.39, 0.29) is 5.75 Å². The van der Waals surface area contributed by atoms with E-state index in [0.29, 0.717) is 32.7 Å². The van der Waals surface area contributed by atoms with Gasteiger partial charge in [-0.2, -0.15) is 13.2 Å². The van der Waals surface area contributed by atoms with Crippen LogP contribution in [0.1, 0.15) is 5.56 Å². The van der Waals surface area contributed by atoms with Crippen molar-refractivity contribution in [2.75, 3.05) is 39.8 Å². The largest absolute Gasteiger partial charge is 0.494 e. The number of nitrogens with zero attached hydrogens (tertiary/aromatic N) is 2. The Morgan fingerprint density at radius 1 is 1.25 bits per heavy atom. The Kier molecular flexibility index (Phi) is 5.87. The van der Waals surface area contributed by atoms with Crippen molar-refractivity contribution in [2.24, 2.45) is 0 Å². The summed E-state index contributed by atoms with van der Waals surface area (Å²) in [6, 6.07) is 3.97. The summed E-state index contributed by atoms with van der Waals surface area (Å²) in [5.74, 6) is -0.273. The van der Waals surface area contributed by atoms with Crippen molar-refractivity contribution in [3.63, 3.8) is 0 Å². The molecule has 0 saturated carbocycles. The van der Waals surface area contributed by atoms with Crippen LogP contribution in [0.5, 0.6) is 5.75 Å². The predicted molar refractivity (Wildman–Crippen MR) is 79.3 cm³/mol. The summed E-state index contributed by atoms with van der Waals surface area (Å²) in [5.41, 5.74) is 0.767. The van der Waals surface area contributed by atoms with Crippen LogP contribution >= 0.6 is 0 Å². The maximum atomic E-state index is 13.7. The topological polar surface area (TPSA) is 44.8 Å². The number of alkyl halides is 3. The molecule has 0 aliphatic carbocycles. The van der Waals surface area contributed by atoms with Crippen LogP contribution in [0.25, 0.3) is 0 Å². The zero-order chi connectivity index (χ0) is 17.7. The zero-order valence-corrected chi connectivity index (χ0v) is 13.2. The van der Waals surface area contributed by atoms with Crippen LogP contribution in [0.4, 0.5) is 22.4 Å². The van der Waals surface area contributed by atoms with E-state index in [9.17, 15) is 22.4 Å². The lowest BCUT2D eigenvalue weighted by molar-refractivity contribution is -0.123. The molecule has 1 heterocycles. The van der Waals surface area contributed by atoms with E-state index in [1.54, 1.807) is 12.1 Å². The van der Waals surface area contributed by atoms with E-state index in [2.05, 4.69) is 0 Å². The van der Waals surface area contributed by atoms with Crippen molar-refractivity contribution in [1.29, 1.82) is 0 Å². The molecule has 0 spiro atoms. The van der Waals surface area contributed by atoms with Gasteiger partial charge in [-0.3, -0.25) is 4.90 Å². The lowest BCUT2D eigenvalue weighted by Crippen LogP contribution is -2.52. The maximum Gasteiger partial charge on any atom is 0.405 e. The molecule has 9 heteroatoms. The summed E-state index contributed by atoms with van der Waals surface area (Å²) in [4.78, 5) is 15.0. The second kappa shape index (κ2) is 7.69. The minimum atomic E-state index is -4.42. The van der Waals surface area contributed by atoms with E-state index < -0.39 is 24.6 Å². The molecular weight excluding hydrogens is 330 g/mol. The molecule has 2 rings (SSSR count). The van der Waals surface area contributed by atoms with Gasteiger partial charge in [0.05, 0.1) is 7.11 Å². The summed E-state index contributed by atoms with van der Waals surface area (Å²) in [5, 5.41) is 1.86. The minimum Gasteiger partial charge on any atom is -0.494 e. The van der Waals surface area contributed by atoms with Crippen molar-refractivity contribution < 1.29 is 27.1 Å². The second-order valence-corrected chi connectivity index (χ2v) is 5.51. The summed E-state index contributed by atoms with van der Waals surface area (Å²) in [6.07, 6.45) is -4.42. The number of carbonyl (C=O) groups excluding carboxylic acids is 1. The fourth-order valence-corrected chi connectivity index (χ4v) is 2.46. The molecule has 1 aliphatic heterocycles. The van der Waals surface area contributed by atoms with Crippen LogP contribution in [0.15, 0.2) is 18.2 Å². The van der Waals surface area contributed by atoms with Crippen molar-refractivity contribution in [2.45, 2.75) is 12.7 Å². The summed E-state index contributed by atoms with van der Waals surface area (Å²) in [7, 11) is 1.39. The van der Waals surface area contributed by atoms with E-state index in [1.807, 2.05) is 10.2 Å². The lowest BCUT2D eigenvalue weighted by Gasteiger charge is -2.34. The third-order valence-corrected chi connectivity index (χ3v) is 3.72. The second-order valence-electron chi connectivity index (χ2n) is 5.51. The third-order valence-electron chi connectivity index (χ3n) is 3.72. The molecule has 1 fully saturated rings. The standard InChI is InChI=1S/C15H19F4N3O2/c1-24-13-3-2-11(8-12(13)16)9-21-4-6-22(7-5-21)14(23)20-10-15(17,18)19/h2-3,8H,4-7,9-10H2,1H3,(H,20,23). The highest BCUT2D eigenvalue weighted by Gasteiger charge is 2.29. The van der Waals surface area contributed by atoms with Crippen molar-refractivity contribution in [1.82, 2.24) is 15.1 Å². The zero-order valence-electron chi connectivity index (χ0n) is 13.2. The van der Waals surface area contributed by atoms with E-state index in [0.717, 1.165) is 5.56 Å². The van der Waals surface area contributed by atoms with Gasteiger partial charge >= 0.3 is 12.2 Å². The Labute approximate surface area is 137 Å². The van der Waals surface area contributed by atoms with Crippen LogP contribution < -0.4 is 10.1 Å². The molecule has 0 radical (unpaired) electrons. The van der Waals surface area contributed by atoms with Crippen molar-refractivity contribution >= 4 is 6.03 Å². The smallest absolute Gasteiger partial charge is 0.405 e. The number of urea groups is 1. The van der Waals surface area contributed by atoms with Gasteiger partial charge in [0.2, 0.25) is 0 Å². The highest BCUT2D eigenvalue weighted by molar-refractivity contribution is 5.74. The third kappa shape index (κ3) is 5.26. The Bertz CT molecular complexity index is 572. The maximum absolute atomic E-state index is 13.7. The summed E-state index contributed by atoms with van der Waals surface area (Å²) in [6.45, 7) is 0.820. The Hall–Kier alpha value is -2.03. The van der Waals surface area contributed by atoms with Crippen LogP contribution in [0.2, 0.25) is 0 Å². The monoisotopic (exact) mass is 349 g/mol. The van der Waals surface area contributed by atoms with Gasteiger partial charge in [-0.05, 0) is 17.7 Å². The van der Waals surface area contributed by atoms with Crippen LogP contribution in [-0.2, 0) is 6.54 Å². The average molecular weight is 349 g/mol. The molecule has 0 atom stereocenters. The molecule has 1 aliphatic rings. The number of hydrogen-bond donors (Lipinski definition) is 1. The van der Waals surface area contributed by atoms with Crippen LogP contribution in [0.3, 0.4) is 0 Å². The normalized spacial score (nSPS) is 16.1. The van der Waals surface area contributed by atoms with Gasteiger partial charge < -0.3 is 15.0 Å². The quantitative estimate of drug-likeness (QED) is 0.848. The molecule has 1 N–H and O–H groups in total. The van der Waals surface area contributed by atoms with E-state index >= 15 is 0 Å². The number of nitrogens with one attached hydrogen (secondary N) is 1. The first-order valence-corrected chi connectivity index (χ1v) is 7.43. The Morgan fingerprint density at radius 3 is 2.46 bits per heavy atom. The lowest BCUT2D eigenvalue weighted by atomic mass is 10.2. The van der Waals surface area contributed by atoms with Gasteiger partial charge in [0.15, 0.2) is 11.6 Å². The molecule has 0 aromatic heterocycles. The number of amides is 2. The van der Waals surface area contributed by atoms with Crippen LogP contribution in [0, 0.1) is 5.82 Å². The number of rotatable bonds is 4. The highest BCUT2D eigenvalue weighted by Crippen LogP contribution is 2.19. The van der Waals surface area contributed by atoms with Gasteiger partial charge in [-0.25, -0.2) is 9.18 Å². The number of hydrogen-bond acceptors (Lipinski definition) is 3. The van der Waals surface area contributed by atoms with Gasteiger partial charge in [0, 0.05) is 32.7 Å². The molecule has 1 saturated heterocycles. The molecule has 1 aromatic carbocycles. The molecular formula is C15H19F4N3O2. The fourth-order valence-electron chi connectivity index (χ4n) is 2.46. The number of methoxy groups -OCH3 is 1. The fraction of sp³-hybridized carbons (Fsp3) is 0.533. The van der Waals surface area contributed by atoms with Crippen molar-refractivity contribution in [3.05, 3.63) is 29.6 Å². The van der Waals surface area contributed by atoms with Gasteiger partial charge in [-0.15, -0.1) is 0 Å². The molecule has 2 amide bonds. The molecule has 1 aromatic rings. The first-order valence-electron chi connectivity index (χ1n) is 7.43. The van der Waals surface area contributed by atoms with Gasteiger partial charge in [0.25, 0.3) is 0 Å². The number of piperazine rings is 1. The van der Waals surface area contributed by atoms with Gasteiger partial charge in [0.1, 0.15) is 6.54 Å².